The fourth-order valence-corrected chi connectivity index (χ4v) is 5.60. The molecule has 1 aromatic heterocycles. The number of halogens is 1. The number of amides is 1. The minimum Gasteiger partial charge on any atom is -0.478 e. The quantitative estimate of drug-likeness (QED) is 0.138. The molecular formula is C33H42ClN3O9S. The summed E-state index contributed by atoms with van der Waals surface area (Å²) >= 11 is 8.27. The summed E-state index contributed by atoms with van der Waals surface area (Å²) in [4.78, 5) is 61.3. The number of aliphatic imine (C=N–C) groups is 1. The van der Waals surface area contributed by atoms with Crippen molar-refractivity contribution in [2.75, 3.05) is 38.6 Å². The molecule has 47 heavy (non-hydrogen) atoms. The Bertz CT molecular complexity index is 1380. The van der Waals surface area contributed by atoms with Gasteiger partial charge in [0.1, 0.15) is 11.5 Å². The van der Waals surface area contributed by atoms with E-state index in [0.717, 1.165) is 34.8 Å². The van der Waals surface area contributed by atoms with Crippen LogP contribution in [0.1, 0.15) is 61.5 Å². The van der Waals surface area contributed by atoms with Crippen LogP contribution in [0.2, 0.25) is 5.02 Å². The van der Waals surface area contributed by atoms with Gasteiger partial charge in [-0.2, -0.15) is 0 Å². The lowest BCUT2D eigenvalue weighted by molar-refractivity contribution is -0.134. The van der Waals surface area contributed by atoms with Crippen molar-refractivity contribution in [2.24, 2.45) is 4.99 Å². The van der Waals surface area contributed by atoms with Gasteiger partial charge < -0.3 is 30.2 Å². The Kier molecular flexibility index (Phi) is 19.3. The Morgan fingerprint density at radius 2 is 1.40 bits per heavy atom. The molecule has 1 amide bonds. The molecule has 1 aliphatic heterocycles. The zero-order valence-electron chi connectivity index (χ0n) is 26.7. The maximum Gasteiger partial charge on any atom is 0.328 e. The molecule has 12 nitrogen and oxygen atoms in total. The lowest BCUT2D eigenvalue weighted by atomic mass is 10.0. The number of hydrogen-bond donors (Lipinski definition) is 4. The summed E-state index contributed by atoms with van der Waals surface area (Å²) in [7, 11) is 4.07. The number of carboxylic acid groups (broad SMARTS) is 4. The number of aliphatic carboxylic acids is 4. The molecule has 0 radical (unpaired) electrons. The van der Waals surface area contributed by atoms with Crippen molar-refractivity contribution < 1.29 is 44.4 Å². The fraction of sp³-hybridized carbons (Fsp3) is 0.394. The Morgan fingerprint density at radius 1 is 0.872 bits per heavy atom. The number of carbonyl (C=O) groups is 5. The van der Waals surface area contributed by atoms with E-state index in [1.807, 2.05) is 43.3 Å². The number of rotatable bonds is 15. The van der Waals surface area contributed by atoms with Crippen molar-refractivity contribution in [3.8, 4) is 0 Å². The molecule has 0 aliphatic carbocycles. The topological polar surface area (TPSA) is 185 Å². The van der Waals surface area contributed by atoms with Gasteiger partial charge in [-0.15, -0.1) is 11.3 Å². The first kappa shape index (κ1) is 40.7. The van der Waals surface area contributed by atoms with Crippen molar-refractivity contribution in [2.45, 2.75) is 51.9 Å². The Labute approximate surface area is 283 Å². The Morgan fingerprint density at radius 3 is 1.91 bits per heavy atom. The maximum atomic E-state index is 13.0. The predicted molar refractivity (Wildman–Crippen MR) is 183 cm³/mol. The first-order chi connectivity index (χ1) is 22.3. The second kappa shape index (κ2) is 22.2. The molecule has 0 saturated heterocycles. The van der Waals surface area contributed by atoms with Gasteiger partial charge in [0.25, 0.3) is 0 Å². The van der Waals surface area contributed by atoms with E-state index >= 15 is 0 Å². The molecule has 256 valence electrons. The summed E-state index contributed by atoms with van der Waals surface area (Å²) in [6.07, 6.45) is 11.0. The van der Waals surface area contributed by atoms with E-state index in [0.29, 0.717) is 35.9 Å². The number of carboxylic acids is 4. The summed E-state index contributed by atoms with van der Waals surface area (Å²) in [5.74, 6) is -4.97. The molecule has 0 spiro atoms. The number of thiophene rings is 1. The van der Waals surface area contributed by atoms with Gasteiger partial charge in [-0.05, 0) is 39.1 Å². The van der Waals surface area contributed by atoms with Crippen LogP contribution in [-0.4, -0.2) is 94.6 Å². The molecular weight excluding hydrogens is 650 g/mol. The molecule has 0 unspecified atom stereocenters. The SMILES string of the molecule is CCCCCCCCc1cc2c(s1)N(CCN(C)C)C(=O)CN=C2c1ccccc1Cl.O=C(O)C=CC(=O)O.O=C(O)C=CC(=O)O. The van der Waals surface area contributed by atoms with Crippen molar-refractivity contribution in [3.63, 3.8) is 0 Å². The molecule has 1 aliphatic rings. The number of likely N-dealkylation sites (N-methyl/N-ethyl adjacent to an activating group) is 1. The normalized spacial score (nSPS) is 12.5. The third-order valence-corrected chi connectivity index (χ3v) is 7.90. The molecule has 3 rings (SSSR count). The highest BCUT2D eigenvalue weighted by molar-refractivity contribution is 7.16. The second-order valence-corrected chi connectivity index (χ2v) is 12.0. The summed E-state index contributed by atoms with van der Waals surface area (Å²) in [5, 5.41) is 32.9. The molecule has 0 saturated carbocycles. The largest absolute Gasteiger partial charge is 0.478 e. The Hall–Kier alpha value is -4.33. The van der Waals surface area contributed by atoms with Gasteiger partial charge in [0, 0.05) is 58.4 Å². The molecule has 2 heterocycles. The number of benzene rings is 1. The van der Waals surface area contributed by atoms with Crippen LogP contribution in [0.3, 0.4) is 0 Å². The van der Waals surface area contributed by atoms with Crippen LogP contribution in [-0.2, 0) is 30.4 Å². The predicted octanol–water partition coefficient (Wildman–Crippen LogP) is 5.47. The number of unbranched alkanes of at least 4 members (excludes halogenated alkanes) is 5. The maximum absolute atomic E-state index is 13.0. The zero-order valence-corrected chi connectivity index (χ0v) is 28.3. The minimum absolute atomic E-state index is 0.0538. The van der Waals surface area contributed by atoms with E-state index in [4.69, 9.17) is 37.0 Å². The van der Waals surface area contributed by atoms with Crippen LogP contribution in [0.15, 0.2) is 59.6 Å². The van der Waals surface area contributed by atoms with Gasteiger partial charge in [-0.1, -0.05) is 68.8 Å². The van der Waals surface area contributed by atoms with Gasteiger partial charge in [0.05, 0.1) is 5.71 Å². The molecule has 0 atom stereocenters. The Balaban J connectivity index is 0.000000569. The highest BCUT2D eigenvalue weighted by Gasteiger charge is 2.28. The molecule has 0 bridgehead atoms. The van der Waals surface area contributed by atoms with Crippen LogP contribution >= 0.6 is 22.9 Å². The number of carbonyl (C=O) groups excluding carboxylic acids is 1. The van der Waals surface area contributed by atoms with Gasteiger partial charge >= 0.3 is 23.9 Å². The number of nitrogens with zero attached hydrogens (tertiary/aromatic N) is 3. The van der Waals surface area contributed by atoms with Crippen molar-refractivity contribution in [1.29, 1.82) is 0 Å². The van der Waals surface area contributed by atoms with Crippen molar-refractivity contribution >= 4 is 63.4 Å². The van der Waals surface area contributed by atoms with Crippen molar-refractivity contribution in [3.05, 3.63) is 75.7 Å². The third kappa shape index (κ3) is 16.7. The average Bonchev–Trinajstić information content (AvgIpc) is 3.36. The number of aryl methyl sites for hydroxylation is 1. The van der Waals surface area contributed by atoms with E-state index in [1.54, 1.807) is 11.3 Å². The van der Waals surface area contributed by atoms with Crippen molar-refractivity contribution in [1.82, 2.24) is 4.90 Å². The second-order valence-electron chi connectivity index (χ2n) is 10.5. The lowest BCUT2D eigenvalue weighted by Crippen LogP contribution is -2.37. The summed E-state index contributed by atoms with van der Waals surface area (Å²) in [6.45, 7) is 3.89. The minimum atomic E-state index is -1.26. The number of anilines is 1. The highest BCUT2D eigenvalue weighted by atomic mass is 35.5. The average molecular weight is 692 g/mol. The van der Waals surface area contributed by atoms with Crippen LogP contribution in [0.5, 0.6) is 0 Å². The molecule has 4 N–H and O–H groups in total. The summed E-state index contributed by atoms with van der Waals surface area (Å²) < 4.78 is 0. The van der Waals surface area contributed by atoms with Gasteiger partial charge in [-0.25, -0.2) is 19.2 Å². The molecule has 14 heteroatoms. The molecule has 0 fully saturated rings. The first-order valence-electron chi connectivity index (χ1n) is 14.9. The smallest absolute Gasteiger partial charge is 0.328 e. The standard InChI is InChI=1S/C25H34ClN3OS.2C4H4O4/c1-4-5-6-7-8-9-12-19-17-21-24(20-13-10-11-14-22(20)26)27-18-23(30)29(25(21)31-19)16-15-28(2)3;2*5-3(6)1-2-4(7)8/h10-11,13-14,17H,4-9,12,15-16,18H2,1-3H3;2*1-2H,(H,5,6)(H,7,8). The van der Waals surface area contributed by atoms with Crippen LogP contribution < -0.4 is 4.90 Å². The molecule has 2 aromatic rings. The summed E-state index contributed by atoms with van der Waals surface area (Å²) in [6, 6.07) is 10.0. The van der Waals surface area contributed by atoms with E-state index in [1.165, 1.54) is 43.4 Å². The fourth-order valence-electron chi connectivity index (χ4n) is 4.13. The molecule has 1 aromatic carbocycles. The van der Waals surface area contributed by atoms with E-state index < -0.39 is 23.9 Å². The van der Waals surface area contributed by atoms with Gasteiger partial charge in [0.15, 0.2) is 0 Å². The van der Waals surface area contributed by atoms with Gasteiger partial charge in [-0.3, -0.25) is 9.79 Å². The van der Waals surface area contributed by atoms with E-state index in [-0.39, 0.29) is 12.5 Å². The zero-order chi connectivity index (χ0) is 35.4. The van der Waals surface area contributed by atoms with E-state index in [9.17, 15) is 24.0 Å². The number of fused-ring (bicyclic) bond motifs is 1. The highest BCUT2D eigenvalue weighted by Crippen LogP contribution is 2.37. The first-order valence-corrected chi connectivity index (χ1v) is 16.1. The van der Waals surface area contributed by atoms with Crippen LogP contribution in [0.25, 0.3) is 0 Å². The third-order valence-electron chi connectivity index (χ3n) is 6.35. The van der Waals surface area contributed by atoms with Crippen LogP contribution in [0, 0.1) is 0 Å². The van der Waals surface area contributed by atoms with E-state index in [2.05, 4.69) is 17.9 Å². The monoisotopic (exact) mass is 691 g/mol. The van der Waals surface area contributed by atoms with Crippen LogP contribution in [0.4, 0.5) is 5.00 Å². The van der Waals surface area contributed by atoms with Gasteiger partial charge in [0.2, 0.25) is 5.91 Å². The number of hydrogen-bond acceptors (Lipinski definition) is 8. The lowest BCUT2D eigenvalue weighted by Gasteiger charge is -2.22. The summed E-state index contributed by atoms with van der Waals surface area (Å²) in [5.41, 5.74) is 2.78.